The highest BCUT2D eigenvalue weighted by Gasteiger charge is 2.30. The van der Waals surface area contributed by atoms with Crippen LogP contribution in [0, 0.1) is 0 Å². The zero-order chi connectivity index (χ0) is 50.8. The number of amides is 1. The Bertz CT molecular complexity index is 1280. The quantitative estimate of drug-likeness (QED) is 0.0205. The highest BCUT2D eigenvalue weighted by atomic mass is 31.2. The smallest absolute Gasteiger partial charge is 0.456 e. The molecule has 0 aliphatic rings. The number of nitrogens with one attached hydrogen (secondary N) is 1. The molecule has 0 aromatic rings. The van der Waals surface area contributed by atoms with Crippen molar-refractivity contribution in [3.05, 3.63) is 36.5 Å². The molecule has 0 aromatic carbocycles. The van der Waals surface area contributed by atoms with E-state index in [1.807, 2.05) is 33.3 Å². The van der Waals surface area contributed by atoms with Crippen LogP contribution in [0.5, 0.6) is 0 Å². The van der Waals surface area contributed by atoms with Crippen LogP contribution in [-0.2, 0) is 27.9 Å². The minimum absolute atomic E-state index is 0.0400. The third kappa shape index (κ3) is 51.0. The second-order valence-electron chi connectivity index (χ2n) is 21.2. The number of hydrogen-bond acceptors (Lipinski definition) is 6. The molecular weight excluding hydrogens is 880 g/mol. The van der Waals surface area contributed by atoms with Gasteiger partial charge in [-0.05, 0) is 83.1 Å². The van der Waals surface area contributed by atoms with Crippen molar-refractivity contribution in [1.29, 1.82) is 0 Å². The second-order valence-corrected chi connectivity index (χ2v) is 22.6. The van der Waals surface area contributed by atoms with Gasteiger partial charge in [-0.3, -0.25) is 18.6 Å². The number of phosphoric ester groups is 1. The molecule has 0 fully saturated rings. The summed E-state index contributed by atoms with van der Waals surface area (Å²) in [5.74, 6) is -0.508. The molecule has 3 atom stereocenters. The largest absolute Gasteiger partial charge is 0.472 e. The van der Waals surface area contributed by atoms with Crippen LogP contribution in [0.3, 0.4) is 0 Å². The van der Waals surface area contributed by atoms with E-state index in [0.29, 0.717) is 17.4 Å². The lowest BCUT2D eigenvalue weighted by atomic mass is 10.1. The summed E-state index contributed by atoms with van der Waals surface area (Å²) in [7, 11) is 1.50. The van der Waals surface area contributed by atoms with Crippen molar-refractivity contribution >= 4 is 19.7 Å². The molecule has 10 heteroatoms. The highest BCUT2D eigenvalue weighted by Crippen LogP contribution is 2.43. The van der Waals surface area contributed by atoms with Crippen molar-refractivity contribution < 1.29 is 37.3 Å². The van der Waals surface area contributed by atoms with Gasteiger partial charge in [0.05, 0.1) is 33.8 Å². The van der Waals surface area contributed by atoms with E-state index in [-0.39, 0.29) is 31.5 Å². The van der Waals surface area contributed by atoms with Crippen LogP contribution in [0.1, 0.15) is 278 Å². The van der Waals surface area contributed by atoms with E-state index in [1.165, 1.54) is 180 Å². The number of unbranched alkanes of at least 4 members (excludes halogenated alkanes) is 33. The Morgan fingerprint density at radius 2 is 0.841 bits per heavy atom. The summed E-state index contributed by atoms with van der Waals surface area (Å²) >= 11 is 0. The fourth-order valence-corrected chi connectivity index (χ4v) is 9.19. The third-order valence-electron chi connectivity index (χ3n) is 13.1. The minimum atomic E-state index is -4.44. The van der Waals surface area contributed by atoms with Crippen LogP contribution in [0.25, 0.3) is 0 Å². The van der Waals surface area contributed by atoms with Gasteiger partial charge in [0, 0.05) is 12.8 Å². The maximum absolute atomic E-state index is 13.5. The number of nitrogens with zero attached hydrogens (tertiary/aromatic N) is 1. The summed E-state index contributed by atoms with van der Waals surface area (Å²) in [6, 6.07) is -0.848. The molecule has 406 valence electrons. The van der Waals surface area contributed by atoms with E-state index >= 15 is 0 Å². The molecule has 0 saturated carbocycles. The van der Waals surface area contributed by atoms with Crippen molar-refractivity contribution in [3.8, 4) is 0 Å². The Morgan fingerprint density at radius 3 is 1.25 bits per heavy atom. The summed E-state index contributed by atoms with van der Waals surface area (Å²) < 4.78 is 30.6. The molecular formula is C59H114N2O7P+. The number of ether oxygens (including phenoxy) is 1. The molecule has 2 N–H and O–H groups in total. The molecule has 0 radical (unpaired) electrons. The topological polar surface area (TPSA) is 111 Å². The first-order chi connectivity index (χ1) is 33.4. The monoisotopic (exact) mass is 994 g/mol. The van der Waals surface area contributed by atoms with Gasteiger partial charge < -0.3 is 19.4 Å². The molecule has 0 saturated heterocycles. The summed E-state index contributed by atoms with van der Waals surface area (Å²) in [4.78, 5) is 37.6. The molecule has 0 heterocycles. The Kier molecular flexibility index (Phi) is 48.5. The second kappa shape index (κ2) is 49.8. The van der Waals surface area contributed by atoms with Crippen molar-refractivity contribution in [2.45, 2.75) is 290 Å². The van der Waals surface area contributed by atoms with Gasteiger partial charge in [-0.25, -0.2) is 4.57 Å². The van der Waals surface area contributed by atoms with Crippen molar-refractivity contribution in [2.75, 3.05) is 40.9 Å². The summed E-state index contributed by atoms with van der Waals surface area (Å²) in [5.41, 5.74) is 0. The van der Waals surface area contributed by atoms with Crippen LogP contribution in [0.4, 0.5) is 0 Å². The molecule has 3 unspecified atom stereocenters. The molecule has 1 amide bonds. The predicted octanol–water partition coefficient (Wildman–Crippen LogP) is 17.6. The maximum atomic E-state index is 13.5. The SMILES string of the molecule is CCCCCC/C=C\CCCCCCCCCC(=O)OC(/C=C/CCCCCCCCCCC)C(COP(=O)(O)OCC[N+](C)(C)C)NC(=O)CCCCCCCCC/C=C/CCCCCCCC. The predicted molar refractivity (Wildman–Crippen MR) is 296 cm³/mol. The standard InChI is InChI=1S/C59H113N2O7P/c1-7-10-13-16-19-22-25-27-29-30-32-33-36-39-42-45-48-51-58(62)60-56(55-67-69(64,65)66-54-53-61(4,5)6)57(50-47-44-41-38-35-24-21-18-15-12-9-3)68-59(63)52-49-46-43-40-37-34-31-28-26-23-20-17-14-11-8-2/h23,26-27,29,47,50,56-57H,7-22,24-25,28,30-46,48-49,51-55H2,1-6H3,(H-,60,62,64,65)/p+1/b26-23-,29-27+,50-47+. The van der Waals surface area contributed by atoms with Crippen LogP contribution in [0.15, 0.2) is 36.5 Å². The lowest BCUT2D eigenvalue weighted by Gasteiger charge is -2.27. The normalized spacial score (nSPS) is 14.0. The third-order valence-corrected chi connectivity index (χ3v) is 14.0. The zero-order valence-corrected chi connectivity index (χ0v) is 47.2. The Balaban J connectivity index is 5.29. The first kappa shape index (κ1) is 67.2. The van der Waals surface area contributed by atoms with Gasteiger partial charge in [0.2, 0.25) is 5.91 Å². The zero-order valence-electron chi connectivity index (χ0n) is 46.3. The number of carbonyl (C=O) groups is 2. The fourth-order valence-electron chi connectivity index (χ4n) is 8.46. The molecule has 0 aromatic heterocycles. The lowest BCUT2D eigenvalue weighted by Crippen LogP contribution is -2.47. The van der Waals surface area contributed by atoms with E-state index in [9.17, 15) is 19.0 Å². The Morgan fingerprint density at radius 1 is 0.493 bits per heavy atom. The number of esters is 1. The number of likely N-dealkylation sites (N-methyl/N-ethyl adjacent to an activating group) is 1. The van der Waals surface area contributed by atoms with Gasteiger partial charge in [-0.15, -0.1) is 0 Å². The molecule has 0 aliphatic heterocycles. The average Bonchev–Trinajstić information content (AvgIpc) is 3.31. The van der Waals surface area contributed by atoms with Crippen molar-refractivity contribution in [1.82, 2.24) is 5.32 Å². The fraction of sp³-hybridized carbons (Fsp3) is 0.864. The number of allylic oxidation sites excluding steroid dienone is 5. The van der Waals surface area contributed by atoms with Gasteiger partial charge in [-0.2, -0.15) is 0 Å². The van der Waals surface area contributed by atoms with Crippen LogP contribution < -0.4 is 5.32 Å². The number of carbonyl (C=O) groups excluding carboxylic acids is 2. The van der Waals surface area contributed by atoms with Crippen molar-refractivity contribution in [3.63, 3.8) is 0 Å². The first-order valence-corrected chi connectivity index (χ1v) is 30.8. The molecule has 0 aliphatic carbocycles. The van der Waals surface area contributed by atoms with Gasteiger partial charge in [0.15, 0.2) is 0 Å². The van der Waals surface area contributed by atoms with E-state index in [0.717, 1.165) is 64.2 Å². The van der Waals surface area contributed by atoms with Crippen molar-refractivity contribution in [2.24, 2.45) is 0 Å². The number of quaternary nitrogens is 1. The Labute approximate surface area is 427 Å². The van der Waals surface area contributed by atoms with Crippen LogP contribution in [0.2, 0.25) is 0 Å². The van der Waals surface area contributed by atoms with Gasteiger partial charge >= 0.3 is 13.8 Å². The number of phosphoric acid groups is 1. The number of rotatable bonds is 53. The van der Waals surface area contributed by atoms with Crippen LogP contribution >= 0.6 is 7.82 Å². The van der Waals surface area contributed by atoms with E-state index in [1.54, 1.807) is 0 Å². The molecule has 69 heavy (non-hydrogen) atoms. The summed E-state index contributed by atoms with van der Waals surface area (Å²) in [6.07, 6.45) is 58.4. The van der Waals surface area contributed by atoms with E-state index in [4.69, 9.17) is 13.8 Å². The molecule has 0 rings (SSSR count). The average molecular weight is 995 g/mol. The Hall–Kier alpha value is -1.77. The van der Waals surface area contributed by atoms with Gasteiger partial charge in [-0.1, -0.05) is 218 Å². The molecule has 9 nitrogen and oxygen atoms in total. The minimum Gasteiger partial charge on any atom is -0.456 e. The van der Waals surface area contributed by atoms with Gasteiger partial charge in [0.25, 0.3) is 0 Å². The highest BCUT2D eigenvalue weighted by molar-refractivity contribution is 7.47. The summed E-state index contributed by atoms with van der Waals surface area (Å²) in [6.45, 7) is 7.00. The van der Waals surface area contributed by atoms with E-state index in [2.05, 4.69) is 50.4 Å². The first-order valence-electron chi connectivity index (χ1n) is 29.3. The summed E-state index contributed by atoms with van der Waals surface area (Å²) in [5, 5.41) is 3.05. The molecule has 0 bridgehead atoms. The van der Waals surface area contributed by atoms with E-state index < -0.39 is 20.0 Å². The molecule has 0 spiro atoms. The van der Waals surface area contributed by atoms with Gasteiger partial charge in [0.1, 0.15) is 19.3 Å². The van der Waals surface area contributed by atoms with Crippen LogP contribution in [-0.4, -0.2) is 74.3 Å². The lowest BCUT2D eigenvalue weighted by molar-refractivity contribution is -0.870. The number of hydrogen-bond donors (Lipinski definition) is 2. The maximum Gasteiger partial charge on any atom is 0.472 e.